The van der Waals surface area contributed by atoms with E-state index in [2.05, 4.69) is 48.4 Å². The lowest BCUT2D eigenvalue weighted by atomic mass is 10.3. The summed E-state index contributed by atoms with van der Waals surface area (Å²) in [6, 6.07) is 12.8. The van der Waals surface area contributed by atoms with E-state index >= 15 is 0 Å². The van der Waals surface area contributed by atoms with Gasteiger partial charge in [0, 0.05) is 6.04 Å². The van der Waals surface area contributed by atoms with Gasteiger partial charge in [-0.25, -0.2) is 4.98 Å². The first kappa shape index (κ1) is 14.6. The molecule has 0 amide bonds. The molecule has 0 radical (unpaired) electrons. The van der Waals surface area contributed by atoms with Crippen LogP contribution in [0.1, 0.15) is 25.4 Å². The number of thioether (sulfide) groups is 1. The molecule has 1 N–H and O–H groups in total. The molecule has 0 saturated heterocycles. The Kier molecular flexibility index (Phi) is 4.63. The molecular formula is C16H18N2OS2. The Morgan fingerprint density at radius 1 is 1.19 bits per heavy atom. The summed E-state index contributed by atoms with van der Waals surface area (Å²) in [5, 5.41) is 3.36. The van der Waals surface area contributed by atoms with Crippen molar-refractivity contribution < 1.29 is 4.42 Å². The number of thiazole rings is 1. The molecule has 2 aromatic heterocycles. The highest BCUT2D eigenvalue weighted by molar-refractivity contribution is 8.00. The number of para-hydroxylation sites is 1. The van der Waals surface area contributed by atoms with E-state index in [9.17, 15) is 0 Å². The number of nitrogens with zero attached hydrogens (tertiary/aromatic N) is 1. The average Bonchev–Trinajstić information content (AvgIpc) is 3.09. The van der Waals surface area contributed by atoms with Crippen LogP contribution in [0.4, 0.5) is 0 Å². The van der Waals surface area contributed by atoms with Gasteiger partial charge in [0.05, 0.1) is 22.5 Å². The van der Waals surface area contributed by atoms with Crippen LogP contribution in [0.15, 0.2) is 45.2 Å². The van der Waals surface area contributed by atoms with E-state index in [1.165, 1.54) is 4.70 Å². The summed E-state index contributed by atoms with van der Waals surface area (Å²) in [7, 11) is 0. The number of benzene rings is 1. The van der Waals surface area contributed by atoms with E-state index in [-0.39, 0.29) is 0 Å². The van der Waals surface area contributed by atoms with Crippen LogP contribution >= 0.6 is 23.1 Å². The highest BCUT2D eigenvalue weighted by Crippen LogP contribution is 2.31. The molecule has 2 heterocycles. The molecule has 0 unspecified atom stereocenters. The molecule has 0 atom stereocenters. The Morgan fingerprint density at radius 3 is 2.81 bits per heavy atom. The van der Waals surface area contributed by atoms with Gasteiger partial charge in [-0.05, 0) is 24.3 Å². The number of rotatable bonds is 6. The predicted octanol–water partition coefficient (Wildman–Crippen LogP) is 4.68. The van der Waals surface area contributed by atoms with Crippen molar-refractivity contribution in [3.8, 4) is 0 Å². The van der Waals surface area contributed by atoms with Gasteiger partial charge in [-0.3, -0.25) is 0 Å². The molecule has 21 heavy (non-hydrogen) atoms. The maximum absolute atomic E-state index is 5.82. The Bertz CT molecular complexity index is 685. The topological polar surface area (TPSA) is 38.1 Å². The number of aromatic nitrogens is 1. The molecular weight excluding hydrogens is 300 g/mol. The second kappa shape index (κ2) is 6.64. The first-order valence-corrected chi connectivity index (χ1v) is 8.80. The zero-order valence-electron chi connectivity index (χ0n) is 12.1. The van der Waals surface area contributed by atoms with Crippen molar-refractivity contribution in [3.05, 3.63) is 47.9 Å². The standard InChI is InChI=1S/C16H18N2OS2/c1-11(2)17-9-12-7-8-13(19-12)10-20-16-18-14-5-3-4-6-15(14)21-16/h3-8,11,17H,9-10H2,1-2H3. The quantitative estimate of drug-likeness (QED) is 0.670. The zero-order valence-corrected chi connectivity index (χ0v) is 13.8. The Labute approximate surface area is 132 Å². The lowest BCUT2D eigenvalue weighted by molar-refractivity contribution is 0.445. The number of hydrogen-bond acceptors (Lipinski definition) is 5. The smallest absolute Gasteiger partial charge is 0.151 e. The molecule has 1 aromatic carbocycles. The summed E-state index contributed by atoms with van der Waals surface area (Å²) < 4.78 is 8.15. The van der Waals surface area contributed by atoms with E-state index in [0.717, 1.165) is 33.7 Å². The molecule has 0 spiro atoms. The SMILES string of the molecule is CC(C)NCc1ccc(CSc2nc3ccccc3s2)o1. The summed E-state index contributed by atoms with van der Waals surface area (Å²) >= 11 is 3.47. The molecule has 0 aliphatic heterocycles. The lowest BCUT2D eigenvalue weighted by Crippen LogP contribution is -2.21. The number of furan rings is 1. The monoisotopic (exact) mass is 318 g/mol. The van der Waals surface area contributed by atoms with Gasteiger partial charge in [-0.2, -0.15) is 0 Å². The molecule has 0 fully saturated rings. The van der Waals surface area contributed by atoms with E-state index in [4.69, 9.17) is 4.42 Å². The van der Waals surface area contributed by atoms with Crippen molar-refractivity contribution in [1.29, 1.82) is 0 Å². The van der Waals surface area contributed by atoms with Crippen molar-refractivity contribution in [2.24, 2.45) is 0 Å². The summed E-state index contributed by atoms with van der Waals surface area (Å²) in [6.07, 6.45) is 0. The molecule has 3 aromatic rings. The molecule has 0 bridgehead atoms. The third-order valence-electron chi connectivity index (χ3n) is 3.01. The zero-order chi connectivity index (χ0) is 14.7. The third kappa shape index (κ3) is 3.87. The Balaban J connectivity index is 1.59. The molecule has 5 heteroatoms. The summed E-state index contributed by atoms with van der Waals surface area (Å²) in [4.78, 5) is 4.62. The fourth-order valence-corrected chi connectivity index (χ4v) is 3.91. The minimum atomic E-state index is 0.468. The number of nitrogens with one attached hydrogen (secondary N) is 1. The Morgan fingerprint density at radius 2 is 2.00 bits per heavy atom. The van der Waals surface area contributed by atoms with E-state index in [1.54, 1.807) is 23.1 Å². The summed E-state index contributed by atoms with van der Waals surface area (Å²) in [5.74, 6) is 2.81. The molecule has 110 valence electrons. The van der Waals surface area contributed by atoms with Crippen molar-refractivity contribution in [2.75, 3.05) is 0 Å². The van der Waals surface area contributed by atoms with Gasteiger partial charge in [-0.1, -0.05) is 37.7 Å². The van der Waals surface area contributed by atoms with Gasteiger partial charge in [-0.15, -0.1) is 11.3 Å². The minimum absolute atomic E-state index is 0.468. The normalized spacial score (nSPS) is 11.6. The van der Waals surface area contributed by atoms with E-state index < -0.39 is 0 Å². The molecule has 3 rings (SSSR count). The van der Waals surface area contributed by atoms with Gasteiger partial charge in [0.2, 0.25) is 0 Å². The van der Waals surface area contributed by atoms with Crippen LogP contribution in [0, 0.1) is 0 Å². The van der Waals surface area contributed by atoms with Gasteiger partial charge in [0.25, 0.3) is 0 Å². The number of hydrogen-bond donors (Lipinski definition) is 1. The fourth-order valence-electron chi connectivity index (χ4n) is 1.95. The fraction of sp³-hybridized carbons (Fsp3) is 0.312. The molecule has 3 nitrogen and oxygen atoms in total. The average molecular weight is 318 g/mol. The third-order valence-corrected chi connectivity index (χ3v) is 5.22. The van der Waals surface area contributed by atoms with Crippen molar-refractivity contribution in [1.82, 2.24) is 10.3 Å². The van der Waals surface area contributed by atoms with Crippen LogP contribution in [0.5, 0.6) is 0 Å². The summed E-state index contributed by atoms with van der Waals surface area (Å²) in [6.45, 7) is 5.04. The first-order chi connectivity index (χ1) is 10.2. The van der Waals surface area contributed by atoms with Crippen LogP contribution in [0.3, 0.4) is 0 Å². The predicted molar refractivity (Wildman–Crippen MR) is 89.9 cm³/mol. The van der Waals surface area contributed by atoms with Crippen LogP contribution in [0.2, 0.25) is 0 Å². The summed E-state index contributed by atoms with van der Waals surface area (Å²) in [5.41, 5.74) is 1.08. The van der Waals surface area contributed by atoms with Gasteiger partial charge in [0.15, 0.2) is 4.34 Å². The van der Waals surface area contributed by atoms with Crippen molar-refractivity contribution >= 4 is 33.3 Å². The van der Waals surface area contributed by atoms with Gasteiger partial charge < -0.3 is 9.73 Å². The minimum Gasteiger partial charge on any atom is -0.464 e. The van der Waals surface area contributed by atoms with Crippen molar-refractivity contribution in [2.45, 2.75) is 36.5 Å². The highest BCUT2D eigenvalue weighted by atomic mass is 32.2. The second-order valence-electron chi connectivity index (χ2n) is 5.14. The van der Waals surface area contributed by atoms with Crippen LogP contribution in [-0.4, -0.2) is 11.0 Å². The Hall–Kier alpha value is -1.30. The van der Waals surface area contributed by atoms with Crippen LogP contribution < -0.4 is 5.32 Å². The molecule has 0 aliphatic carbocycles. The maximum atomic E-state index is 5.82. The largest absolute Gasteiger partial charge is 0.464 e. The van der Waals surface area contributed by atoms with Crippen LogP contribution in [0.25, 0.3) is 10.2 Å². The van der Waals surface area contributed by atoms with Gasteiger partial charge >= 0.3 is 0 Å². The van der Waals surface area contributed by atoms with Gasteiger partial charge in [0.1, 0.15) is 11.5 Å². The lowest BCUT2D eigenvalue weighted by Gasteiger charge is -2.04. The van der Waals surface area contributed by atoms with Crippen LogP contribution in [-0.2, 0) is 12.3 Å². The number of fused-ring (bicyclic) bond motifs is 1. The molecule has 0 saturated carbocycles. The first-order valence-electron chi connectivity index (χ1n) is 7.00. The highest BCUT2D eigenvalue weighted by Gasteiger charge is 2.07. The second-order valence-corrected chi connectivity index (χ2v) is 7.39. The van der Waals surface area contributed by atoms with E-state index in [1.807, 2.05) is 12.1 Å². The molecule has 0 aliphatic rings. The maximum Gasteiger partial charge on any atom is 0.151 e. The van der Waals surface area contributed by atoms with E-state index in [0.29, 0.717) is 6.04 Å². The van der Waals surface area contributed by atoms with Crippen molar-refractivity contribution in [3.63, 3.8) is 0 Å².